The first-order chi connectivity index (χ1) is 25.1. The van der Waals surface area contributed by atoms with Crippen LogP contribution in [0.4, 0.5) is 0 Å². The highest BCUT2D eigenvalue weighted by atomic mass is 32.2. The number of aliphatic hydroxyl groups is 1. The Balaban J connectivity index is 0.961. The molecule has 0 spiro atoms. The van der Waals surface area contributed by atoms with Gasteiger partial charge in [-0.3, -0.25) is 0 Å². The molecule has 3 atom stereocenters. The molecule has 5 fully saturated rings. The number of hydrogen-bond acceptors (Lipinski definition) is 10. The normalized spacial score (nSPS) is 31.9. The topological polar surface area (TPSA) is 192 Å². The Kier molecular flexibility index (Phi) is 7.55. The molecular formula is C36H41B2N5O8S. The number of nitrogens with zero attached hydrogens (tertiary/aromatic N) is 2. The maximum atomic E-state index is 12.7. The van der Waals surface area contributed by atoms with Crippen LogP contribution in [0.3, 0.4) is 0 Å². The molecule has 4 bridgehead atoms. The maximum absolute atomic E-state index is 12.7. The number of ether oxygens (including phenoxy) is 1. The van der Waals surface area contributed by atoms with Crippen LogP contribution in [0.1, 0.15) is 67.7 Å². The number of aromatic nitrogens is 4. The number of allylic oxidation sites excluding steroid dienone is 2. The molecular weight excluding hydrogens is 684 g/mol. The van der Waals surface area contributed by atoms with Crippen LogP contribution in [0, 0.1) is 29.6 Å². The van der Waals surface area contributed by atoms with E-state index in [2.05, 4.69) is 19.7 Å². The van der Waals surface area contributed by atoms with Gasteiger partial charge in [0.2, 0.25) is 10.0 Å². The van der Waals surface area contributed by atoms with Crippen molar-refractivity contribution in [3.8, 4) is 11.5 Å². The molecule has 6 N–H and O–H groups in total. The zero-order valence-corrected chi connectivity index (χ0v) is 29.6. The molecule has 3 unspecified atom stereocenters. The quantitative estimate of drug-likeness (QED) is 0.110. The van der Waals surface area contributed by atoms with Crippen LogP contribution in [-0.4, -0.2) is 88.9 Å². The number of aromatic amines is 2. The molecule has 0 aromatic carbocycles. The van der Waals surface area contributed by atoms with Crippen molar-refractivity contribution in [1.29, 1.82) is 0 Å². The van der Waals surface area contributed by atoms with Gasteiger partial charge >= 0.3 is 14.2 Å². The van der Waals surface area contributed by atoms with E-state index in [4.69, 9.17) is 19.0 Å². The molecule has 0 saturated heterocycles. The fourth-order valence-electron chi connectivity index (χ4n) is 11.1. The Morgan fingerprint density at radius 3 is 2.38 bits per heavy atom. The number of rotatable bonds is 9. The lowest BCUT2D eigenvalue weighted by atomic mass is 9.44. The highest BCUT2D eigenvalue weighted by molar-refractivity contribution is 7.89. The molecule has 0 radical (unpaired) electrons. The van der Waals surface area contributed by atoms with Gasteiger partial charge in [0.05, 0.1) is 23.2 Å². The van der Waals surface area contributed by atoms with Gasteiger partial charge in [-0.15, -0.1) is 0 Å². The SMILES string of the molecule is COCCCS(=O)(=O)NC1CC(C2=CB(O)Oc3c(C4C5CC6CC4(O)CC(C5)C6C4=CB(O)Oc5cnc6[nH]ccc6c54)nc4[nH]ccc4c32)C1. The van der Waals surface area contributed by atoms with Crippen LogP contribution in [0.15, 0.2) is 42.7 Å². The molecule has 4 aromatic rings. The van der Waals surface area contributed by atoms with Crippen LogP contribution in [0.25, 0.3) is 33.2 Å². The Labute approximate surface area is 301 Å². The molecule has 6 heterocycles. The summed E-state index contributed by atoms with van der Waals surface area (Å²) in [4.78, 5) is 16.1. The molecule has 11 rings (SSSR count). The van der Waals surface area contributed by atoms with Gasteiger partial charge < -0.3 is 39.2 Å². The van der Waals surface area contributed by atoms with E-state index < -0.39 is 29.9 Å². The highest BCUT2D eigenvalue weighted by Crippen LogP contribution is 2.67. The number of nitrogens with one attached hydrogen (secondary N) is 3. The second kappa shape index (κ2) is 11.9. The summed E-state index contributed by atoms with van der Waals surface area (Å²) in [6.45, 7) is 0.388. The third-order valence-corrected chi connectivity index (χ3v) is 14.3. The molecule has 7 aliphatic rings. The van der Waals surface area contributed by atoms with Crippen molar-refractivity contribution in [3.63, 3.8) is 0 Å². The minimum Gasteiger partial charge on any atom is -0.531 e. The monoisotopic (exact) mass is 725 g/mol. The maximum Gasteiger partial charge on any atom is 0.552 e. The lowest BCUT2D eigenvalue weighted by Gasteiger charge is -2.62. The first kappa shape index (κ1) is 32.9. The zero-order chi connectivity index (χ0) is 35.5. The van der Waals surface area contributed by atoms with Crippen molar-refractivity contribution in [2.24, 2.45) is 29.6 Å². The summed E-state index contributed by atoms with van der Waals surface area (Å²) in [6, 6.07) is 3.78. The van der Waals surface area contributed by atoms with Gasteiger partial charge in [-0.25, -0.2) is 23.1 Å². The minimum atomic E-state index is -3.43. The Morgan fingerprint density at radius 2 is 1.65 bits per heavy atom. The molecule has 270 valence electrons. The first-order valence-corrected chi connectivity index (χ1v) is 20.1. The molecule has 52 heavy (non-hydrogen) atoms. The van der Waals surface area contributed by atoms with E-state index in [1.807, 2.05) is 30.5 Å². The second-order valence-corrected chi connectivity index (χ2v) is 17.7. The van der Waals surface area contributed by atoms with Crippen molar-refractivity contribution in [1.82, 2.24) is 24.7 Å². The fraction of sp³-hybridized carbons (Fsp3) is 0.500. The van der Waals surface area contributed by atoms with Crippen molar-refractivity contribution < 1.29 is 37.6 Å². The smallest absolute Gasteiger partial charge is 0.531 e. The number of H-pyrrole nitrogens is 2. The summed E-state index contributed by atoms with van der Waals surface area (Å²) in [7, 11) is -4.12. The van der Waals surface area contributed by atoms with Crippen LogP contribution in [0.5, 0.6) is 11.5 Å². The van der Waals surface area contributed by atoms with E-state index in [0.717, 1.165) is 51.5 Å². The van der Waals surface area contributed by atoms with Crippen LogP contribution in [-0.2, 0) is 14.8 Å². The van der Waals surface area contributed by atoms with E-state index >= 15 is 0 Å². The van der Waals surface area contributed by atoms with Gasteiger partial charge in [-0.05, 0) is 110 Å². The molecule has 4 aromatic heterocycles. The van der Waals surface area contributed by atoms with Crippen LogP contribution in [0.2, 0.25) is 0 Å². The highest BCUT2D eigenvalue weighted by Gasteiger charge is 2.62. The third-order valence-electron chi connectivity index (χ3n) is 12.8. The van der Waals surface area contributed by atoms with Crippen molar-refractivity contribution in [3.05, 3.63) is 59.5 Å². The Bertz CT molecular complexity index is 2250. The lowest BCUT2D eigenvalue weighted by Crippen LogP contribution is -2.59. The van der Waals surface area contributed by atoms with Gasteiger partial charge in [-0.2, -0.15) is 0 Å². The van der Waals surface area contributed by atoms with E-state index in [0.29, 0.717) is 61.6 Å². The molecule has 5 saturated carbocycles. The summed E-state index contributed by atoms with van der Waals surface area (Å²) in [6.07, 6.45) is 9.99. The van der Waals surface area contributed by atoms with E-state index in [1.54, 1.807) is 19.3 Å². The van der Waals surface area contributed by atoms with Crippen molar-refractivity contribution in [2.45, 2.75) is 62.5 Å². The average molecular weight is 725 g/mol. The van der Waals surface area contributed by atoms with E-state index in [9.17, 15) is 23.6 Å². The van der Waals surface area contributed by atoms with Gasteiger partial charge in [0.25, 0.3) is 0 Å². The van der Waals surface area contributed by atoms with E-state index in [1.165, 1.54) is 0 Å². The summed E-state index contributed by atoms with van der Waals surface area (Å²) in [5.74, 6) is 5.13. The number of pyridine rings is 2. The molecule has 0 amide bonds. The van der Waals surface area contributed by atoms with Gasteiger partial charge in [0.1, 0.15) is 22.8 Å². The number of sulfonamides is 1. The number of hydrogen-bond donors (Lipinski definition) is 6. The number of fused-ring (bicyclic) bond motifs is 6. The summed E-state index contributed by atoms with van der Waals surface area (Å²) < 4.78 is 45.3. The van der Waals surface area contributed by atoms with Crippen molar-refractivity contribution in [2.75, 3.05) is 19.5 Å². The molecule has 2 aliphatic heterocycles. The van der Waals surface area contributed by atoms with Crippen molar-refractivity contribution >= 4 is 57.5 Å². The second-order valence-electron chi connectivity index (χ2n) is 15.9. The fourth-order valence-corrected chi connectivity index (χ4v) is 12.4. The predicted molar refractivity (Wildman–Crippen MR) is 195 cm³/mol. The Morgan fingerprint density at radius 1 is 0.962 bits per heavy atom. The van der Waals surface area contributed by atoms with Gasteiger partial charge in [0, 0.05) is 60.0 Å². The summed E-state index contributed by atoms with van der Waals surface area (Å²) in [5.41, 5.74) is 4.98. The predicted octanol–water partition coefficient (Wildman–Crippen LogP) is 3.35. The Hall–Kier alpha value is -3.66. The lowest BCUT2D eigenvalue weighted by molar-refractivity contribution is -0.158. The van der Waals surface area contributed by atoms with Crippen LogP contribution >= 0.6 is 0 Å². The first-order valence-electron chi connectivity index (χ1n) is 18.4. The molecule has 13 nitrogen and oxygen atoms in total. The number of methoxy groups -OCH3 is 1. The average Bonchev–Trinajstić information content (AvgIpc) is 3.75. The van der Waals surface area contributed by atoms with Gasteiger partial charge in [0.15, 0.2) is 0 Å². The van der Waals surface area contributed by atoms with Crippen LogP contribution < -0.4 is 14.0 Å². The third kappa shape index (κ3) is 5.12. The molecule has 16 heteroatoms. The summed E-state index contributed by atoms with van der Waals surface area (Å²) in [5, 5.41) is 36.4. The summed E-state index contributed by atoms with van der Waals surface area (Å²) >= 11 is 0. The van der Waals surface area contributed by atoms with Gasteiger partial charge in [-0.1, -0.05) is 0 Å². The zero-order valence-electron chi connectivity index (χ0n) is 28.8. The van der Waals surface area contributed by atoms with E-state index in [-0.39, 0.29) is 47.3 Å². The minimum absolute atomic E-state index is 0.0164. The molecule has 5 aliphatic carbocycles. The largest absolute Gasteiger partial charge is 0.552 e. The standard InChI is InChI=1S/C36H41B2N5O8S/c1-49-7-2-8-52(47,48)43-22-11-18(12-22)25-15-38(46)51-33-30(25)24-4-6-40-35(24)42-32(33)31-19-9-20-13-36(31,44)14-21(10-19)28(20)26-16-37(45)50-27-17-41-34-23(29(26)27)3-5-39-34/h3-6,15-22,28,31,43-46H,2,7-14H2,1H3,(H,39,41)(H,40,42).